The Hall–Kier alpha value is -4.76. The van der Waals surface area contributed by atoms with E-state index in [4.69, 9.17) is 0 Å². The Bertz CT molecular complexity index is 1630. The van der Waals surface area contributed by atoms with Crippen LogP contribution in [0.15, 0.2) is 85.2 Å². The standard InChI is InChI=1S/C28H19F2N7/c29-27-5-1-3-21(36-27)23-9-7-17-13-32-19(11-25(17)34-23)15-31-16-20-12-26-18(14-33-20)8-10-24(35-26)22-4-2-6-28(30)37-22/h1-14,31H,15-16H2. The first-order valence-corrected chi connectivity index (χ1v) is 11.6. The van der Waals surface area contributed by atoms with Gasteiger partial charge in [-0.15, -0.1) is 0 Å². The van der Waals surface area contributed by atoms with Crippen LogP contribution in [0.4, 0.5) is 8.78 Å². The van der Waals surface area contributed by atoms with Crippen molar-refractivity contribution in [3.63, 3.8) is 0 Å². The Morgan fingerprint density at radius 3 is 1.46 bits per heavy atom. The molecule has 7 nitrogen and oxygen atoms in total. The van der Waals surface area contributed by atoms with Crippen LogP contribution in [0.1, 0.15) is 11.4 Å². The smallest absolute Gasteiger partial charge is 0.213 e. The first kappa shape index (κ1) is 22.7. The molecule has 0 aromatic carbocycles. The van der Waals surface area contributed by atoms with Crippen molar-refractivity contribution >= 4 is 21.8 Å². The van der Waals surface area contributed by atoms with Crippen LogP contribution in [-0.4, -0.2) is 29.9 Å². The van der Waals surface area contributed by atoms with Crippen LogP contribution in [0, 0.1) is 11.9 Å². The zero-order valence-electron chi connectivity index (χ0n) is 19.4. The van der Waals surface area contributed by atoms with E-state index in [0.717, 1.165) is 33.2 Å². The highest BCUT2D eigenvalue weighted by molar-refractivity contribution is 5.81. The van der Waals surface area contributed by atoms with E-state index in [-0.39, 0.29) is 0 Å². The van der Waals surface area contributed by atoms with Gasteiger partial charge >= 0.3 is 0 Å². The number of hydrogen-bond donors (Lipinski definition) is 1. The fourth-order valence-corrected chi connectivity index (χ4v) is 4.02. The highest BCUT2D eigenvalue weighted by Crippen LogP contribution is 2.21. The lowest BCUT2D eigenvalue weighted by atomic mass is 10.2. The molecule has 0 aliphatic carbocycles. The molecule has 9 heteroatoms. The maximum atomic E-state index is 13.5. The molecule has 6 heterocycles. The lowest BCUT2D eigenvalue weighted by Crippen LogP contribution is -2.14. The number of aromatic nitrogens is 6. The summed E-state index contributed by atoms with van der Waals surface area (Å²) in [6.45, 7) is 1.00. The molecule has 0 atom stereocenters. The summed E-state index contributed by atoms with van der Waals surface area (Å²) < 4.78 is 27.1. The Kier molecular flexibility index (Phi) is 5.95. The van der Waals surface area contributed by atoms with E-state index >= 15 is 0 Å². The molecule has 0 fully saturated rings. The first-order chi connectivity index (χ1) is 18.1. The third-order valence-electron chi connectivity index (χ3n) is 5.83. The Labute approximate surface area is 210 Å². The molecule has 0 radical (unpaired) electrons. The fourth-order valence-electron chi connectivity index (χ4n) is 4.02. The van der Waals surface area contributed by atoms with Crippen molar-refractivity contribution in [2.24, 2.45) is 0 Å². The summed E-state index contributed by atoms with van der Waals surface area (Å²) in [6, 6.07) is 20.5. The second-order valence-electron chi connectivity index (χ2n) is 8.42. The van der Waals surface area contributed by atoms with Crippen molar-refractivity contribution < 1.29 is 8.78 Å². The zero-order valence-corrected chi connectivity index (χ0v) is 19.4. The number of nitrogens with zero attached hydrogens (tertiary/aromatic N) is 6. The maximum absolute atomic E-state index is 13.5. The summed E-state index contributed by atoms with van der Waals surface area (Å²) in [7, 11) is 0. The van der Waals surface area contributed by atoms with E-state index in [1.165, 1.54) is 12.1 Å². The van der Waals surface area contributed by atoms with Gasteiger partial charge in [-0.3, -0.25) is 9.97 Å². The molecule has 6 rings (SSSR count). The normalized spacial score (nSPS) is 11.3. The molecule has 0 aliphatic heterocycles. The Balaban J connectivity index is 1.18. The van der Waals surface area contributed by atoms with Crippen LogP contribution in [-0.2, 0) is 13.1 Å². The molecule has 0 amide bonds. The predicted octanol–water partition coefficient (Wildman–Crippen LogP) is 5.27. The van der Waals surface area contributed by atoms with E-state index in [0.29, 0.717) is 35.9 Å². The molecule has 0 saturated heterocycles. The SMILES string of the molecule is Fc1cccc(-c2ccc3cnc(CNCc4cc5nc(-c6cccc(F)n6)ccc5cn4)cc3n2)n1. The van der Waals surface area contributed by atoms with Crippen molar-refractivity contribution in [1.29, 1.82) is 0 Å². The number of halogens is 2. The molecular weight excluding hydrogens is 472 g/mol. The van der Waals surface area contributed by atoms with Crippen molar-refractivity contribution in [2.75, 3.05) is 0 Å². The van der Waals surface area contributed by atoms with Crippen molar-refractivity contribution in [1.82, 2.24) is 35.2 Å². The molecule has 0 spiro atoms. The summed E-state index contributed by atoms with van der Waals surface area (Å²) in [5.74, 6) is -1.09. The predicted molar refractivity (Wildman–Crippen MR) is 136 cm³/mol. The number of fused-ring (bicyclic) bond motifs is 2. The Morgan fingerprint density at radius 2 is 1.00 bits per heavy atom. The Morgan fingerprint density at radius 1 is 0.541 bits per heavy atom. The van der Waals surface area contributed by atoms with Gasteiger partial charge in [0.1, 0.15) is 0 Å². The summed E-state index contributed by atoms with van der Waals surface area (Å²) >= 11 is 0. The van der Waals surface area contributed by atoms with E-state index in [1.54, 1.807) is 48.8 Å². The summed E-state index contributed by atoms with van der Waals surface area (Å²) in [5, 5.41) is 5.12. The number of nitrogens with one attached hydrogen (secondary N) is 1. The van der Waals surface area contributed by atoms with Gasteiger partial charge < -0.3 is 5.32 Å². The van der Waals surface area contributed by atoms with Crippen LogP contribution < -0.4 is 5.32 Å². The van der Waals surface area contributed by atoms with Gasteiger partial charge in [0.2, 0.25) is 11.9 Å². The topological polar surface area (TPSA) is 89.4 Å². The average molecular weight is 492 g/mol. The number of rotatable bonds is 6. The molecule has 0 aliphatic rings. The minimum Gasteiger partial charge on any atom is -0.306 e. The fraction of sp³-hybridized carbons (Fsp3) is 0.0714. The molecule has 0 saturated carbocycles. The van der Waals surface area contributed by atoms with Crippen LogP contribution in [0.2, 0.25) is 0 Å². The van der Waals surface area contributed by atoms with Gasteiger partial charge in [0.25, 0.3) is 0 Å². The molecule has 6 aromatic heterocycles. The molecule has 0 bridgehead atoms. The van der Waals surface area contributed by atoms with E-state index in [9.17, 15) is 8.78 Å². The van der Waals surface area contributed by atoms with Crippen molar-refractivity contribution in [3.05, 3.63) is 108 Å². The van der Waals surface area contributed by atoms with E-state index in [2.05, 4.69) is 35.2 Å². The van der Waals surface area contributed by atoms with Gasteiger partial charge in [-0.25, -0.2) is 19.9 Å². The molecule has 0 unspecified atom stereocenters. The van der Waals surface area contributed by atoms with Gasteiger partial charge in [-0.2, -0.15) is 8.78 Å². The molecule has 1 N–H and O–H groups in total. The van der Waals surface area contributed by atoms with Gasteiger partial charge in [0.05, 0.1) is 45.2 Å². The van der Waals surface area contributed by atoms with Gasteiger partial charge in [0.15, 0.2) is 0 Å². The minimum atomic E-state index is -0.543. The highest BCUT2D eigenvalue weighted by atomic mass is 19.1. The molecule has 180 valence electrons. The van der Waals surface area contributed by atoms with Gasteiger partial charge in [-0.1, -0.05) is 12.1 Å². The van der Waals surface area contributed by atoms with Gasteiger partial charge in [0, 0.05) is 36.3 Å². The lowest BCUT2D eigenvalue weighted by molar-refractivity contribution is 0.584. The van der Waals surface area contributed by atoms with Crippen LogP contribution in [0.3, 0.4) is 0 Å². The van der Waals surface area contributed by atoms with Crippen molar-refractivity contribution in [2.45, 2.75) is 13.1 Å². The van der Waals surface area contributed by atoms with Crippen LogP contribution >= 0.6 is 0 Å². The zero-order chi connectivity index (χ0) is 25.2. The van der Waals surface area contributed by atoms with Crippen molar-refractivity contribution in [3.8, 4) is 22.8 Å². The highest BCUT2D eigenvalue weighted by Gasteiger charge is 2.08. The first-order valence-electron chi connectivity index (χ1n) is 11.6. The average Bonchev–Trinajstić information content (AvgIpc) is 2.92. The van der Waals surface area contributed by atoms with Crippen LogP contribution in [0.25, 0.3) is 44.6 Å². The molecular formula is C28H19F2N7. The van der Waals surface area contributed by atoms with Crippen LogP contribution in [0.5, 0.6) is 0 Å². The molecule has 37 heavy (non-hydrogen) atoms. The summed E-state index contributed by atoms with van der Waals surface area (Å²) in [4.78, 5) is 26.1. The quantitative estimate of drug-likeness (QED) is 0.318. The monoisotopic (exact) mass is 491 g/mol. The lowest BCUT2D eigenvalue weighted by Gasteiger charge is -2.08. The third-order valence-corrected chi connectivity index (χ3v) is 5.83. The van der Waals surface area contributed by atoms with E-state index in [1.807, 2.05) is 24.3 Å². The largest absolute Gasteiger partial charge is 0.306 e. The number of hydrogen-bond acceptors (Lipinski definition) is 7. The third kappa shape index (κ3) is 4.98. The number of pyridine rings is 6. The molecule has 6 aromatic rings. The summed E-state index contributed by atoms with van der Waals surface area (Å²) in [5.41, 5.74) is 5.27. The minimum absolute atomic E-state index is 0.478. The second-order valence-corrected chi connectivity index (χ2v) is 8.42. The maximum Gasteiger partial charge on any atom is 0.213 e. The van der Waals surface area contributed by atoms with Gasteiger partial charge in [-0.05, 0) is 60.7 Å². The van der Waals surface area contributed by atoms with E-state index < -0.39 is 11.9 Å². The summed E-state index contributed by atoms with van der Waals surface area (Å²) in [6.07, 6.45) is 3.53. The second kappa shape index (κ2) is 9.71.